The summed E-state index contributed by atoms with van der Waals surface area (Å²) in [5, 5.41) is 0. The monoisotopic (exact) mass is 493 g/mol. The van der Waals surface area contributed by atoms with Crippen LogP contribution in [0.1, 0.15) is 156 Å². The molecule has 0 aliphatic rings. The van der Waals surface area contributed by atoms with Gasteiger partial charge in [-0.2, -0.15) is 0 Å². The van der Waals surface area contributed by atoms with E-state index in [2.05, 4.69) is 51.9 Å². The second kappa shape index (κ2) is 26.2. The van der Waals surface area contributed by atoms with Gasteiger partial charge in [0.25, 0.3) is 0 Å². The van der Waals surface area contributed by atoms with Crippen LogP contribution in [-0.4, -0.2) is 37.6 Å². The van der Waals surface area contributed by atoms with Crippen LogP contribution >= 0.6 is 0 Å². The minimum Gasteiger partial charge on any atom is -0.462 e. The summed E-state index contributed by atoms with van der Waals surface area (Å²) < 4.78 is 6.23. The van der Waals surface area contributed by atoms with E-state index in [1.54, 1.807) is 0 Å². The van der Waals surface area contributed by atoms with Crippen molar-refractivity contribution in [3.05, 3.63) is 12.2 Å². The first-order chi connectivity index (χ1) is 17.0. The van der Waals surface area contributed by atoms with Crippen molar-refractivity contribution >= 4 is 5.97 Å². The maximum atomic E-state index is 12.7. The van der Waals surface area contributed by atoms with E-state index in [0.29, 0.717) is 12.3 Å². The third-order valence-corrected chi connectivity index (χ3v) is 7.15. The molecule has 2 unspecified atom stereocenters. The molecule has 0 bridgehead atoms. The van der Waals surface area contributed by atoms with E-state index in [0.717, 1.165) is 32.2 Å². The van der Waals surface area contributed by atoms with Gasteiger partial charge in [0, 0.05) is 6.42 Å². The Balaban J connectivity index is 4.90. The highest BCUT2D eigenvalue weighted by molar-refractivity contribution is 5.69. The molecular weight excluding hydrogens is 430 g/mol. The van der Waals surface area contributed by atoms with Crippen molar-refractivity contribution in [2.75, 3.05) is 20.6 Å². The minimum atomic E-state index is 0.0217. The largest absolute Gasteiger partial charge is 0.462 e. The molecule has 208 valence electrons. The lowest BCUT2D eigenvalue weighted by atomic mass is 9.87. The Morgan fingerprint density at radius 2 is 1.17 bits per heavy atom. The van der Waals surface area contributed by atoms with Crippen LogP contribution < -0.4 is 0 Å². The zero-order valence-electron chi connectivity index (χ0n) is 24.6. The smallest absolute Gasteiger partial charge is 0.306 e. The molecule has 0 radical (unpaired) electrons. The second-order valence-electron chi connectivity index (χ2n) is 11.0. The predicted octanol–water partition coefficient (Wildman–Crippen LogP) is 9.88. The lowest BCUT2D eigenvalue weighted by Gasteiger charge is -2.28. The Labute approximate surface area is 220 Å². The quantitative estimate of drug-likeness (QED) is 0.0682. The topological polar surface area (TPSA) is 29.5 Å². The number of allylic oxidation sites excluding steroid dienone is 2. The van der Waals surface area contributed by atoms with Crippen molar-refractivity contribution in [3.63, 3.8) is 0 Å². The van der Waals surface area contributed by atoms with Crippen molar-refractivity contribution in [2.24, 2.45) is 5.92 Å². The summed E-state index contributed by atoms with van der Waals surface area (Å²) >= 11 is 0. The SMILES string of the molecule is CCCCC/C=C\CCCC(OC(=O)CCCN(C)C)C(CCCCCC)CCCCCCCC. The van der Waals surface area contributed by atoms with Gasteiger partial charge >= 0.3 is 5.97 Å². The van der Waals surface area contributed by atoms with E-state index < -0.39 is 0 Å². The molecule has 3 heteroatoms. The lowest BCUT2D eigenvalue weighted by molar-refractivity contribution is -0.153. The first-order valence-corrected chi connectivity index (χ1v) is 15.5. The molecule has 0 aromatic carbocycles. The van der Waals surface area contributed by atoms with Crippen molar-refractivity contribution in [2.45, 2.75) is 162 Å². The molecule has 0 aliphatic carbocycles. The molecule has 35 heavy (non-hydrogen) atoms. The van der Waals surface area contributed by atoms with Gasteiger partial charge in [-0.15, -0.1) is 0 Å². The number of ether oxygens (including phenoxy) is 1. The molecule has 0 rings (SSSR count). The van der Waals surface area contributed by atoms with Crippen molar-refractivity contribution in [1.29, 1.82) is 0 Å². The van der Waals surface area contributed by atoms with Crippen LogP contribution in [0.15, 0.2) is 12.2 Å². The first-order valence-electron chi connectivity index (χ1n) is 15.5. The molecular formula is C32H63NO2. The molecule has 0 saturated heterocycles. The number of esters is 1. The van der Waals surface area contributed by atoms with E-state index in [4.69, 9.17) is 4.74 Å². The fourth-order valence-electron chi connectivity index (χ4n) is 4.88. The molecule has 0 heterocycles. The molecule has 0 amide bonds. The van der Waals surface area contributed by atoms with Crippen LogP contribution in [0.3, 0.4) is 0 Å². The van der Waals surface area contributed by atoms with E-state index in [9.17, 15) is 4.79 Å². The van der Waals surface area contributed by atoms with Crippen LogP contribution in [0.5, 0.6) is 0 Å². The van der Waals surface area contributed by atoms with Gasteiger partial charge in [0.15, 0.2) is 0 Å². The number of carbonyl (C=O) groups excluding carboxylic acids is 1. The van der Waals surface area contributed by atoms with Gasteiger partial charge < -0.3 is 9.64 Å². The highest BCUT2D eigenvalue weighted by Crippen LogP contribution is 2.27. The molecule has 0 N–H and O–H groups in total. The Bertz CT molecular complexity index is 474. The summed E-state index contributed by atoms with van der Waals surface area (Å²) in [7, 11) is 4.13. The molecule has 0 aliphatic heterocycles. The summed E-state index contributed by atoms with van der Waals surface area (Å²) in [6.45, 7) is 7.77. The average molecular weight is 494 g/mol. The maximum Gasteiger partial charge on any atom is 0.306 e. The zero-order valence-corrected chi connectivity index (χ0v) is 24.6. The van der Waals surface area contributed by atoms with Crippen LogP contribution in [-0.2, 0) is 9.53 Å². The summed E-state index contributed by atoms with van der Waals surface area (Å²) in [5.74, 6) is 0.554. The van der Waals surface area contributed by atoms with Gasteiger partial charge in [-0.05, 0) is 77.9 Å². The van der Waals surface area contributed by atoms with Gasteiger partial charge in [-0.1, -0.05) is 110 Å². The van der Waals surface area contributed by atoms with Gasteiger partial charge in [0.1, 0.15) is 6.10 Å². The Hall–Kier alpha value is -0.830. The van der Waals surface area contributed by atoms with Crippen LogP contribution in [0.25, 0.3) is 0 Å². The van der Waals surface area contributed by atoms with E-state index in [1.165, 1.54) is 103 Å². The number of hydrogen-bond donors (Lipinski definition) is 0. The fraction of sp³-hybridized carbons (Fsp3) is 0.906. The highest BCUT2D eigenvalue weighted by Gasteiger charge is 2.24. The minimum absolute atomic E-state index is 0.0217. The van der Waals surface area contributed by atoms with Crippen molar-refractivity contribution < 1.29 is 9.53 Å². The highest BCUT2D eigenvalue weighted by atomic mass is 16.5. The normalized spacial score (nSPS) is 13.5. The van der Waals surface area contributed by atoms with Crippen LogP contribution in [0.2, 0.25) is 0 Å². The Morgan fingerprint density at radius 3 is 1.77 bits per heavy atom. The summed E-state index contributed by atoms with van der Waals surface area (Å²) in [4.78, 5) is 14.9. The van der Waals surface area contributed by atoms with Crippen molar-refractivity contribution in [3.8, 4) is 0 Å². The number of hydrogen-bond acceptors (Lipinski definition) is 3. The maximum absolute atomic E-state index is 12.7. The zero-order chi connectivity index (χ0) is 26.0. The lowest BCUT2D eigenvalue weighted by Crippen LogP contribution is -2.28. The molecule has 0 aromatic rings. The number of rotatable bonds is 26. The Morgan fingerprint density at radius 1 is 0.657 bits per heavy atom. The van der Waals surface area contributed by atoms with E-state index in [-0.39, 0.29) is 12.1 Å². The number of unbranched alkanes of at least 4 members (excludes halogenated alkanes) is 12. The molecule has 0 saturated carbocycles. The predicted molar refractivity (Wildman–Crippen MR) is 155 cm³/mol. The van der Waals surface area contributed by atoms with Crippen molar-refractivity contribution in [1.82, 2.24) is 4.90 Å². The molecule has 2 atom stereocenters. The van der Waals surface area contributed by atoms with Gasteiger partial charge in [0.05, 0.1) is 0 Å². The molecule has 0 fully saturated rings. The Kier molecular flexibility index (Phi) is 25.6. The third-order valence-electron chi connectivity index (χ3n) is 7.15. The second-order valence-corrected chi connectivity index (χ2v) is 11.0. The molecule has 0 aromatic heterocycles. The summed E-state index contributed by atoms with van der Waals surface area (Å²) in [5.41, 5.74) is 0. The molecule has 3 nitrogen and oxygen atoms in total. The summed E-state index contributed by atoms with van der Waals surface area (Å²) in [6, 6.07) is 0. The van der Waals surface area contributed by atoms with Crippen LogP contribution in [0, 0.1) is 5.92 Å². The van der Waals surface area contributed by atoms with Gasteiger partial charge in [-0.3, -0.25) is 4.79 Å². The average Bonchev–Trinajstić information content (AvgIpc) is 2.83. The molecule has 0 spiro atoms. The van der Waals surface area contributed by atoms with E-state index >= 15 is 0 Å². The van der Waals surface area contributed by atoms with Gasteiger partial charge in [0.2, 0.25) is 0 Å². The third kappa shape index (κ3) is 23.3. The standard InChI is InChI=1S/C32H63NO2/c1-6-9-12-15-17-18-20-23-27-31(35-32(34)28-24-29-33(4)5)30(25-21-14-11-8-3)26-22-19-16-13-10-7-2/h17-18,30-31H,6-16,19-29H2,1-5H3/b18-17-. The first kappa shape index (κ1) is 34.2. The number of nitrogens with zero attached hydrogens (tertiary/aromatic N) is 1. The van der Waals surface area contributed by atoms with Crippen LogP contribution in [0.4, 0.5) is 0 Å². The van der Waals surface area contributed by atoms with Gasteiger partial charge in [-0.25, -0.2) is 0 Å². The van der Waals surface area contributed by atoms with E-state index in [1.807, 2.05) is 0 Å². The number of carbonyl (C=O) groups is 1. The summed E-state index contributed by atoms with van der Waals surface area (Å²) in [6.07, 6.45) is 30.3. The fourth-order valence-corrected chi connectivity index (χ4v) is 4.88.